The lowest BCUT2D eigenvalue weighted by Gasteiger charge is -2.26. The van der Waals surface area contributed by atoms with Crippen LogP contribution in [0.4, 0.5) is 11.5 Å². The van der Waals surface area contributed by atoms with Crippen LogP contribution in [0, 0.1) is 5.92 Å². The summed E-state index contributed by atoms with van der Waals surface area (Å²) in [5, 5.41) is 0. The molecule has 0 aliphatic carbocycles. The molecule has 0 saturated carbocycles. The fourth-order valence-corrected chi connectivity index (χ4v) is 1.66. The molecule has 0 aliphatic heterocycles. The first-order valence-electron chi connectivity index (χ1n) is 6.03. The van der Waals surface area contributed by atoms with Crippen LogP contribution in [-0.2, 0) is 0 Å². The molecule has 2 N–H and O–H groups in total. The molecule has 1 aromatic rings. The Morgan fingerprint density at radius 3 is 2.65 bits per heavy atom. The number of nitrogens with two attached hydrogens (primary N) is 1. The summed E-state index contributed by atoms with van der Waals surface area (Å²) in [4.78, 5) is 10.4. The zero-order chi connectivity index (χ0) is 12.8. The molecule has 0 bridgehead atoms. The normalized spacial score (nSPS) is 12.2. The van der Waals surface area contributed by atoms with E-state index in [0.717, 1.165) is 25.3 Å². The van der Waals surface area contributed by atoms with Crippen molar-refractivity contribution in [1.29, 1.82) is 0 Å². The van der Waals surface area contributed by atoms with Crippen LogP contribution in [0.25, 0.3) is 0 Å². The van der Waals surface area contributed by atoms with Crippen molar-refractivity contribution in [3.8, 4) is 5.88 Å². The van der Waals surface area contributed by atoms with Crippen LogP contribution >= 0.6 is 0 Å². The highest BCUT2D eigenvalue weighted by Gasteiger charge is 2.15. The highest BCUT2D eigenvalue weighted by atomic mass is 16.5. The van der Waals surface area contributed by atoms with Gasteiger partial charge in [0.2, 0.25) is 5.88 Å². The molecule has 0 aliphatic rings. The number of ether oxygens (including phenoxy) is 1. The minimum absolute atomic E-state index is 0.442. The summed E-state index contributed by atoms with van der Waals surface area (Å²) in [7, 11) is 1.56. The molecule has 0 radical (unpaired) electrons. The highest BCUT2D eigenvalue weighted by molar-refractivity contribution is 5.67. The first kappa shape index (κ1) is 13.5. The molecule has 5 heteroatoms. The zero-order valence-electron chi connectivity index (χ0n) is 11.1. The summed E-state index contributed by atoms with van der Waals surface area (Å²) in [6.07, 6.45) is 2.63. The van der Waals surface area contributed by atoms with Gasteiger partial charge in [-0.2, -0.15) is 4.98 Å². The first-order chi connectivity index (χ1) is 8.13. The van der Waals surface area contributed by atoms with E-state index in [2.05, 4.69) is 35.6 Å². The second-order valence-corrected chi connectivity index (χ2v) is 4.17. The Hall–Kier alpha value is -1.52. The van der Waals surface area contributed by atoms with Crippen LogP contribution in [-0.4, -0.2) is 30.2 Å². The summed E-state index contributed by atoms with van der Waals surface area (Å²) in [5.41, 5.74) is 6.51. The lowest BCUT2D eigenvalue weighted by Crippen LogP contribution is -2.29. The number of hydrogen-bond donors (Lipinski definition) is 1. The van der Waals surface area contributed by atoms with Gasteiger partial charge in [0, 0.05) is 13.1 Å². The van der Waals surface area contributed by atoms with Crippen LogP contribution in [0.5, 0.6) is 5.88 Å². The number of nitrogens with zero attached hydrogens (tertiary/aromatic N) is 3. The molecular weight excluding hydrogens is 216 g/mol. The molecule has 1 atom stereocenters. The topological polar surface area (TPSA) is 64.3 Å². The monoisotopic (exact) mass is 238 g/mol. The molecule has 1 unspecified atom stereocenters. The number of hydrogen-bond acceptors (Lipinski definition) is 5. The van der Waals surface area contributed by atoms with Crippen molar-refractivity contribution >= 4 is 11.5 Å². The minimum Gasteiger partial charge on any atom is -0.479 e. The largest absolute Gasteiger partial charge is 0.479 e. The van der Waals surface area contributed by atoms with Crippen molar-refractivity contribution in [2.24, 2.45) is 5.92 Å². The van der Waals surface area contributed by atoms with Gasteiger partial charge in [-0.1, -0.05) is 20.3 Å². The van der Waals surface area contributed by atoms with E-state index in [4.69, 9.17) is 10.5 Å². The van der Waals surface area contributed by atoms with Crippen LogP contribution < -0.4 is 15.4 Å². The molecule has 0 amide bonds. The molecule has 1 rings (SSSR count). The maximum absolute atomic E-state index is 6.00. The Bertz CT molecular complexity index is 356. The molecule has 0 saturated heterocycles. The molecule has 1 heterocycles. The van der Waals surface area contributed by atoms with Crippen LogP contribution in [0.1, 0.15) is 27.2 Å². The van der Waals surface area contributed by atoms with Crippen molar-refractivity contribution in [2.45, 2.75) is 27.2 Å². The Kier molecular flexibility index (Phi) is 5.00. The SMILES string of the molecule is CCC(C)CN(CC)c1ncnc(OC)c1N. The highest BCUT2D eigenvalue weighted by Crippen LogP contribution is 2.27. The van der Waals surface area contributed by atoms with Crippen molar-refractivity contribution in [1.82, 2.24) is 9.97 Å². The molecule has 96 valence electrons. The summed E-state index contributed by atoms with van der Waals surface area (Å²) in [5.74, 6) is 1.81. The van der Waals surface area contributed by atoms with Gasteiger partial charge in [0.15, 0.2) is 5.82 Å². The van der Waals surface area contributed by atoms with E-state index in [0.29, 0.717) is 17.5 Å². The van der Waals surface area contributed by atoms with E-state index in [1.165, 1.54) is 6.33 Å². The Morgan fingerprint density at radius 1 is 1.41 bits per heavy atom. The van der Waals surface area contributed by atoms with Gasteiger partial charge in [0.05, 0.1) is 7.11 Å². The van der Waals surface area contributed by atoms with Gasteiger partial charge in [0.1, 0.15) is 12.0 Å². The first-order valence-corrected chi connectivity index (χ1v) is 6.03. The predicted molar refractivity (Wildman–Crippen MR) is 70.3 cm³/mol. The van der Waals surface area contributed by atoms with E-state index >= 15 is 0 Å². The molecule has 17 heavy (non-hydrogen) atoms. The van der Waals surface area contributed by atoms with Gasteiger partial charge in [-0.15, -0.1) is 0 Å². The summed E-state index contributed by atoms with van der Waals surface area (Å²) >= 11 is 0. The lowest BCUT2D eigenvalue weighted by atomic mass is 10.1. The van der Waals surface area contributed by atoms with Crippen LogP contribution in [0.3, 0.4) is 0 Å². The number of aromatic nitrogens is 2. The summed E-state index contributed by atoms with van der Waals surface area (Å²) < 4.78 is 5.11. The van der Waals surface area contributed by atoms with E-state index < -0.39 is 0 Å². The van der Waals surface area contributed by atoms with Gasteiger partial charge in [0.25, 0.3) is 0 Å². The Morgan fingerprint density at radius 2 is 2.12 bits per heavy atom. The second-order valence-electron chi connectivity index (χ2n) is 4.17. The van der Waals surface area contributed by atoms with Gasteiger partial charge in [-0.3, -0.25) is 0 Å². The predicted octanol–water partition coefficient (Wildman–Crippen LogP) is 1.94. The molecular formula is C12H22N4O. The number of anilines is 2. The molecule has 0 aromatic carbocycles. The molecule has 5 nitrogen and oxygen atoms in total. The third kappa shape index (κ3) is 3.22. The molecule has 1 aromatic heterocycles. The lowest BCUT2D eigenvalue weighted by molar-refractivity contribution is 0.399. The van der Waals surface area contributed by atoms with E-state index in [-0.39, 0.29) is 0 Å². The summed E-state index contributed by atoms with van der Waals surface area (Å²) in [6.45, 7) is 8.31. The molecule has 0 spiro atoms. The maximum Gasteiger partial charge on any atom is 0.242 e. The van der Waals surface area contributed by atoms with E-state index in [1.54, 1.807) is 7.11 Å². The Labute approximate surface area is 103 Å². The minimum atomic E-state index is 0.442. The number of methoxy groups -OCH3 is 1. The zero-order valence-corrected chi connectivity index (χ0v) is 11.1. The van der Waals surface area contributed by atoms with Crippen molar-refractivity contribution in [3.05, 3.63) is 6.33 Å². The second kappa shape index (κ2) is 6.27. The van der Waals surface area contributed by atoms with Crippen molar-refractivity contribution < 1.29 is 4.74 Å². The fourth-order valence-electron chi connectivity index (χ4n) is 1.66. The maximum atomic E-state index is 6.00. The average Bonchev–Trinajstić information content (AvgIpc) is 2.36. The quantitative estimate of drug-likeness (QED) is 0.820. The third-order valence-corrected chi connectivity index (χ3v) is 2.93. The third-order valence-electron chi connectivity index (χ3n) is 2.93. The van der Waals surface area contributed by atoms with E-state index in [9.17, 15) is 0 Å². The van der Waals surface area contributed by atoms with E-state index in [1.807, 2.05) is 0 Å². The average molecular weight is 238 g/mol. The number of rotatable bonds is 6. The smallest absolute Gasteiger partial charge is 0.242 e. The van der Waals surface area contributed by atoms with Gasteiger partial charge in [-0.05, 0) is 12.8 Å². The summed E-state index contributed by atoms with van der Waals surface area (Å²) in [6, 6.07) is 0. The van der Waals surface area contributed by atoms with Gasteiger partial charge >= 0.3 is 0 Å². The van der Waals surface area contributed by atoms with Crippen molar-refractivity contribution in [2.75, 3.05) is 30.8 Å². The standard InChI is InChI=1S/C12H22N4O/c1-5-9(3)7-16(6-2)11-10(13)12(17-4)15-8-14-11/h8-9H,5-7,13H2,1-4H3. The van der Waals surface area contributed by atoms with Gasteiger partial charge in [-0.25, -0.2) is 4.98 Å². The van der Waals surface area contributed by atoms with Crippen molar-refractivity contribution in [3.63, 3.8) is 0 Å². The van der Waals surface area contributed by atoms with Crippen LogP contribution in [0.15, 0.2) is 6.33 Å². The van der Waals surface area contributed by atoms with Crippen LogP contribution in [0.2, 0.25) is 0 Å². The van der Waals surface area contributed by atoms with Gasteiger partial charge < -0.3 is 15.4 Å². The molecule has 0 fully saturated rings. The fraction of sp³-hybridized carbons (Fsp3) is 0.667. The Balaban J connectivity index is 2.95. The number of nitrogen functional groups attached to an aromatic ring is 1.